The second kappa shape index (κ2) is 6.71. The highest BCUT2D eigenvalue weighted by Gasteiger charge is 2.14. The molecule has 4 heteroatoms. The molecule has 0 spiro atoms. The third kappa shape index (κ3) is 3.68. The van der Waals surface area contributed by atoms with Crippen LogP contribution in [0.5, 0.6) is 0 Å². The monoisotopic (exact) mass is 249 g/mol. The van der Waals surface area contributed by atoms with E-state index in [-0.39, 0.29) is 0 Å². The lowest BCUT2D eigenvalue weighted by molar-refractivity contribution is 0.152. The van der Waals surface area contributed by atoms with Crippen LogP contribution in [0.3, 0.4) is 0 Å². The Morgan fingerprint density at radius 1 is 1.39 bits per heavy atom. The van der Waals surface area contributed by atoms with Crippen LogP contribution in [0.1, 0.15) is 25.8 Å². The van der Waals surface area contributed by atoms with E-state index < -0.39 is 0 Å². The summed E-state index contributed by atoms with van der Waals surface area (Å²) in [7, 11) is 0. The van der Waals surface area contributed by atoms with E-state index in [2.05, 4.69) is 35.1 Å². The molecule has 1 N–H and O–H groups in total. The van der Waals surface area contributed by atoms with Crippen LogP contribution in [0.15, 0.2) is 18.3 Å². The van der Waals surface area contributed by atoms with Crippen LogP contribution in [0, 0.1) is 0 Å². The van der Waals surface area contributed by atoms with Crippen LogP contribution < -0.4 is 10.2 Å². The van der Waals surface area contributed by atoms with Gasteiger partial charge in [0.15, 0.2) is 0 Å². The first-order chi connectivity index (χ1) is 8.77. The maximum Gasteiger partial charge on any atom is 0.133 e. The van der Waals surface area contributed by atoms with E-state index in [4.69, 9.17) is 4.74 Å². The summed E-state index contributed by atoms with van der Waals surface area (Å²) in [6.07, 6.45) is 2.95. The fourth-order valence-corrected chi connectivity index (χ4v) is 2.12. The summed E-state index contributed by atoms with van der Waals surface area (Å²) in [6, 6.07) is 4.66. The number of hydrogen-bond acceptors (Lipinski definition) is 4. The first kappa shape index (κ1) is 13.3. The van der Waals surface area contributed by atoms with Gasteiger partial charge in [-0.3, -0.25) is 0 Å². The fraction of sp³-hybridized carbons (Fsp3) is 0.643. The molecule has 18 heavy (non-hydrogen) atoms. The van der Waals surface area contributed by atoms with Gasteiger partial charge < -0.3 is 15.0 Å². The molecular formula is C14H23N3O. The molecule has 1 aromatic heterocycles. The Morgan fingerprint density at radius 3 is 3.11 bits per heavy atom. The van der Waals surface area contributed by atoms with Gasteiger partial charge in [0.1, 0.15) is 5.82 Å². The first-order valence-corrected chi connectivity index (χ1v) is 6.77. The van der Waals surface area contributed by atoms with Gasteiger partial charge in [-0.2, -0.15) is 0 Å². The molecule has 0 saturated carbocycles. The zero-order valence-electron chi connectivity index (χ0n) is 11.4. The van der Waals surface area contributed by atoms with Gasteiger partial charge in [0, 0.05) is 44.0 Å². The van der Waals surface area contributed by atoms with Crippen LogP contribution in [0.2, 0.25) is 0 Å². The SMILES string of the molecule is CC(C)NCc1cccnc1N1CCCOCC1. The summed E-state index contributed by atoms with van der Waals surface area (Å²) in [5.41, 5.74) is 1.27. The molecule has 2 heterocycles. The highest BCUT2D eigenvalue weighted by atomic mass is 16.5. The van der Waals surface area contributed by atoms with Crippen molar-refractivity contribution in [3.63, 3.8) is 0 Å². The quantitative estimate of drug-likeness (QED) is 0.883. The van der Waals surface area contributed by atoms with Crippen molar-refractivity contribution in [2.45, 2.75) is 32.9 Å². The Kier molecular flexibility index (Phi) is 4.96. The van der Waals surface area contributed by atoms with E-state index in [1.54, 1.807) is 0 Å². The van der Waals surface area contributed by atoms with Crippen molar-refractivity contribution in [2.75, 3.05) is 31.2 Å². The standard InChI is InChI=1S/C14H23N3O/c1-12(2)16-11-13-5-3-6-15-14(13)17-7-4-9-18-10-8-17/h3,5-6,12,16H,4,7-11H2,1-2H3. The van der Waals surface area contributed by atoms with E-state index in [0.717, 1.165) is 45.1 Å². The van der Waals surface area contributed by atoms with Gasteiger partial charge in [-0.25, -0.2) is 4.98 Å². The minimum Gasteiger partial charge on any atom is -0.380 e. The molecule has 0 aliphatic carbocycles. The number of nitrogens with one attached hydrogen (secondary N) is 1. The van der Waals surface area contributed by atoms with Crippen molar-refractivity contribution in [3.05, 3.63) is 23.9 Å². The van der Waals surface area contributed by atoms with Gasteiger partial charge in [-0.15, -0.1) is 0 Å². The van der Waals surface area contributed by atoms with E-state index >= 15 is 0 Å². The highest BCUT2D eigenvalue weighted by Crippen LogP contribution is 2.18. The minimum absolute atomic E-state index is 0.491. The van der Waals surface area contributed by atoms with E-state index in [0.29, 0.717) is 6.04 Å². The third-order valence-electron chi connectivity index (χ3n) is 3.09. The summed E-state index contributed by atoms with van der Waals surface area (Å²) < 4.78 is 5.50. The van der Waals surface area contributed by atoms with Crippen molar-refractivity contribution in [3.8, 4) is 0 Å². The van der Waals surface area contributed by atoms with Crippen molar-refractivity contribution >= 4 is 5.82 Å². The van der Waals surface area contributed by atoms with Crippen LogP contribution >= 0.6 is 0 Å². The summed E-state index contributed by atoms with van der Waals surface area (Å²) in [5.74, 6) is 1.11. The Morgan fingerprint density at radius 2 is 2.28 bits per heavy atom. The van der Waals surface area contributed by atoms with Crippen LogP contribution in [0.25, 0.3) is 0 Å². The summed E-state index contributed by atoms with van der Waals surface area (Å²) in [6.45, 7) is 8.83. The van der Waals surface area contributed by atoms with Crippen LogP contribution in [-0.4, -0.2) is 37.3 Å². The molecule has 0 bridgehead atoms. The zero-order valence-corrected chi connectivity index (χ0v) is 11.4. The lowest BCUT2D eigenvalue weighted by Gasteiger charge is -2.23. The average Bonchev–Trinajstić information content (AvgIpc) is 2.65. The maximum absolute atomic E-state index is 5.50. The predicted octanol–water partition coefficient (Wildman–Crippen LogP) is 1.81. The Labute approximate surface area is 109 Å². The number of hydrogen-bond donors (Lipinski definition) is 1. The van der Waals surface area contributed by atoms with Gasteiger partial charge in [0.2, 0.25) is 0 Å². The fourth-order valence-electron chi connectivity index (χ4n) is 2.12. The molecule has 100 valence electrons. The third-order valence-corrected chi connectivity index (χ3v) is 3.09. The van der Waals surface area contributed by atoms with Gasteiger partial charge in [-0.05, 0) is 12.5 Å². The molecule has 0 unspecified atom stereocenters. The Bertz CT molecular complexity index is 360. The molecule has 1 aromatic rings. The van der Waals surface area contributed by atoms with Crippen molar-refractivity contribution in [1.82, 2.24) is 10.3 Å². The zero-order chi connectivity index (χ0) is 12.8. The summed E-state index contributed by atoms with van der Waals surface area (Å²) in [5, 5.41) is 3.46. The smallest absolute Gasteiger partial charge is 0.133 e. The number of ether oxygens (including phenoxy) is 1. The normalized spacial score (nSPS) is 16.9. The lowest BCUT2D eigenvalue weighted by atomic mass is 10.2. The Balaban J connectivity index is 2.09. The lowest BCUT2D eigenvalue weighted by Crippen LogP contribution is -2.29. The molecule has 1 aliphatic rings. The topological polar surface area (TPSA) is 37.4 Å². The van der Waals surface area contributed by atoms with E-state index in [9.17, 15) is 0 Å². The first-order valence-electron chi connectivity index (χ1n) is 6.77. The average molecular weight is 249 g/mol. The molecule has 0 aromatic carbocycles. The molecule has 0 atom stereocenters. The number of aromatic nitrogens is 1. The number of pyridine rings is 1. The largest absolute Gasteiger partial charge is 0.380 e. The predicted molar refractivity (Wildman–Crippen MR) is 73.9 cm³/mol. The molecule has 2 rings (SSSR count). The van der Waals surface area contributed by atoms with Crippen molar-refractivity contribution in [1.29, 1.82) is 0 Å². The minimum atomic E-state index is 0.491. The molecule has 1 saturated heterocycles. The molecule has 1 aliphatic heterocycles. The molecule has 1 fully saturated rings. The number of rotatable bonds is 4. The van der Waals surface area contributed by atoms with Crippen LogP contribution in [0.4, 0.5) is 5.82 Å². The second-order valence-corrected chi connectivity index (χ2v) is 4.97. The van der Waals surface area contributed by atoms with Crippen molar-refractivity contribution < 1.29 is 4.74 Å². The van der Waals surface area contributed by atoms with Crippen LogP contribution in [-0.2, 0) is 11.3 Å². The maximum atomic E-state index is 5.50. The second-order valence-electron chi connectivity index (χ2n) is 4.97. The van der Waals surface area contributed by atoms with Gasteiger partial charge in [0.05, 0.1) is 6.61 Å². The summed E-state index contributed by atoms with van der Waals surface area (Å²) in [4.78, 5) is 6.89. The summed E-state index contributed by atoms with van der Waals surface area (Å²) >= 11 is 0. The van der Waals surface area contributed by atoms with Gasteiger partial charge in [0.25, 0.3) is 0 Å². The van der Waals surface area contributed by atoms with E-state index in [1.165, 1.54) is 5.56 Å². The number of nitrogens with zero attached hydrogens (tertiary/aromatic N) is 2. The van der Waals surface area contributed by atoms with Gasteiger partial charge >= 0.3 is 0 Å². The molecule has 0 amide bonds. The molecule has 0 radical (unpaired) electrons. The highest BCUT2D eigenvalue weighted by molar-refractivity contribution is 5.46. The molecular weight excluding hydrogens is 226 g/mol. The van der Waals surface area contributed by atoms with Crippen molar-refractivity contribution in [2.24, 2.45) is 0 Å². The number of anilines is 1. The van der Waals surface area contributed by atoms with Gasteiger partial charge in [-0.1, -0.05) is 19.9 Å². The molecule has 4 nitrogen and oxygen atoms in total. The van der Waals surface area contributed by atoms with E-state index in [1.807, 2.05) is 12.3 Å². The Hall–Kier alpha value is -1.13.